The van der Waals surface area contributed by atoms with Crippen LogP contribution in [0.15, 0.2) is 29.4 Å². The lowest BCUT2D eigenvalue weighted by Gasteiger charge is -2.45. The summed E-state index contributed by atoms with van der Waals surface area (Å²) >= 11 is 0. The first-order chi connectivity index (χ1) is 16.1. The first-order valence-electron chi connectivity index (χ1n) is 11.5. The van der Waals surface area contributed by atoms with Gasteiger partial charge in [-0.1, -0.05) is 57.1 Å². The fourth-order valence-corrected chi connectivity index (χ4v) is 7.18. The van der Waals surface area contributed by atoms with Gasteiger partial charge in [-0.25, -0.2) is 4.79 Å². The van der Waals surface area contributed by atoms with E-state index in [4.69, 9.17) is 20.1 Å². The highest BCUT2D eigenvalue weighted by Crippen LogP contribution is 2.32. The molecule has 0 aliphatic carbocycles. The van der Waals surface area contributed by atoms with Gasteiger partial charge in [-0.15, -0.1) is 0 Å². The van der Waals surface area contributed by atoms with E-state index in [0.717, 1.165) is 18.1 Å². The van der Waals surface area contributed by atoms with Crippen molar-refractivity contribution in [1.29, 1.82) is 5.41 Å². The standard InChI is InChI=1S/C23H33N5O5Si/c1-6-34(7-2,8-3)33-15(5)18-20(26-22(18)30)14(4)21(29)19(24)23(31)32-13-16-9-11-17(12-10-16)27-28-25/h9-12,14-15,18,20,24H,6-8,13H2,1-5H3,(H,26,30)/t14-,15-,18-,20-/m1/s1. The van der Waals surface area contributed by atoms with Crippen molar-refractivity contribution in [2.75, 3.05) is 0 Å². The minimum Gasteiger partial charge on any atom is -0.456 e. The Kier molecular flexibility index (Phi) is 9.54. The number of ketones is 1. The van der Waals surface area contributed by atoms with Crippen LogP contribution in [0.1, 0.15) is 40.2 Å². The second-order valence-corrected chi connectivity index (χ2v) is 13.3. The maximum Gasteiger partial charge on any atom is 0.360 e. The molecule has 0 unspecified atom stereocenters. The molecule has 1 aromatic carbocycles. The van der Waals surface area contributed by atoms with Crippen LogP contribution in [-0.4, -0.2) is 43.8 Å². The van der Waals surface area contributed by atoms with E-state index in [0.29, 0.717) is 11.3 Å². The molecule has 0 saturated carbocycles. The van der Waals surface area contributed by atoms with Gasteiger partial charge < -0.3 is 14.5 Å². The average Bonchev–Trinajstić information content (AvgIpc) is 2.83. The van der Waals surface area contributed by atoms with Crippen molar-refractivity contribution in [1.82, 2.24) is 5.32 Å². The summed E-state index contributed by atoms with van der Waals surface area (Å²) in [6.07, 6.45) is -0.352. The molecule has 1 fully saturated rings. The van der Waals surface area contributed by atoms with Gasteiger partial charge in [-0.05, 0) is 36.2 Å². The van der Waals surface area contributed by atoms with E-state index >= 15 is 0 Å². The molecule has 2 N–H and O–H groups in total. The molecular formula is C23H33N5O5Si. The number of benzene rings is 1. The number of ether oxygens (including phenoxy) is 1. The summed E-state index contributed by atoms with van der Waals surface area (Å²) in [7, 11) is -1.94. The maximum absolute atomic E-state index is 12.8. The predicted octanol–water partition coefficient (Wildman–Crippen LogP) is 4.42. The smallest absolute Gasteiger partial charge is 0.360 e. The van der Waals surface area contributed by atoms with Gasteiger partial charge in [-0.2, -0.15) is 0 Å². The van der Waals surface area contributed by atoms with Crippen molar-refractivity contribution in [2.24, 2.45) is 17.0 Å². The molecule has 1 amide bonds. The molecule has 1 aliphatic rings. The Morgan fingerprint density at radius 3 is 2.26 bits per heavy atom. The summed E-state index contributed by atoms with van der Waals surface area (Å²) in [5.74, 6) is -3.17. The molecule has 34 heavy (non-hydrogen) atoms. The van der Waals surface area contributed by atoms with Crippen LogP contribution in [0.2, 0.25) is 18.1 Å². The minimum atomic E-state index is -1.94. The van der Waals surface area contributed by atoms with Crippen LogP contribution < -0.4 is 5.32 Å². The third-order valence-corrected chi connectivity index (χ3v) is 11.5. The molecule has 10 nitrogen and oxygen atoms in total. The Balaban J connectivity index is 1.98. The topological polar surface area (TPSA) is 154 Å². The summed E-state index contributed by atoms with van der Waals surface area (Å²) in [6.45, 7) is 9.66. The summed E-state index contributed by atoms with van der Waals surface area (Å²) in [5.41, 5.74) is 8.71. The zero-order valence-electron chi connectivity index (χ0n) is 20.3. The number of esters is 1. The van der Waals surface area contributed by atoms with Gasteiger partial charge in [0.05, 0.1) is 18.1 Å². The molecule has 1 saturated heterocycles. The highest BCUT2D eigenvalue weighted by atomic mass is 28.4. The molecule has 1 heterocycles. The molecule has 0 radical (unpaired) electrons. The summed E-state index contributed by atoms with van der Waals surface area (Å²) in [5, 5.41) is 14.2. The normalized spacial score (nSPS) is 19.1. The first-order valence-corrected chi connectivity index (χ1v) is 14.1. The SMILES string of the molecule is CC[Si](CC)(CC)O[C@H](C)[C@H]1C(=O)N[C@@H]1[C@@H](C)C(=O)C(=N)C(=O)OCc1ccc(N=[N+]=[N-])cc1. The van der Waals surface area contributed by atoms with Gasteiger partial charge in [0.1, 0.15) is 6.61 Å². The molecule has 2 rings (SSSR count). The number of amides is 1. The van der Waals surface area contributed by atoms with E-state index in [1.165, 1.54) is 0 Å². The Hall–Kier alpha value is -3.01. The number of carbonyl (C=O) groups excluding carboxylic acids is 3. The van der Waals surface area contributed by atoms with Crippen LogP contribution in [0.25, 0.3) is 10.4 Å². The Labute approximate surface area is 200 Å². The van der Waals surface area contributed by atoms with E-state index in [-0.39, 0.29) is 18.6 Å². The zero-order chi connectivity index (χ0) is 25.5. The fraction of sp³-hybridized carbons (Fsp3) is 0.565. The van der Waals surface area contributed by atoms with Gasteiger partial charge in [0, 0.05) is 16.5 Å². The van der Waals surface area contributed by atoms with Crippen LogP contribution in [-0.2, 0) is 30.2 Å². The molecule has 184 valence electrons. The van der Waals surface area contributed by atoms with E-state index in [9.17, 15) is 14.4 Å². The van der Waals surface area contributed by atoms with Gasteiger partial charge in [0.2, 0.25) is 5.91 Å². The number of hydrogen-bond donors (Lipinski definition) is 2. The Morgan fingerprint density at radius 2 is 1.76 bits per heavy atom. The quantitative estimate of drug-likeness (QED) is 0.0616. The number of rotatable bonds is 13. The van der Waals surface area contributed by atoms with E-state index in [2.05, 4.69) is 36.1 Å². The molecular weight excluding hydrogens is 454 g/mol. The third kappa shape index (κ3) is 6.10. The Bertz CT molecular complexity index is 964. The number of Topliss-reactive ketones (excluding diaryl/α,β-unsaturated/α-hetero) is 1. The predicted molar refractivity (Wildman–Crippen MR) is 130 cm³/mol. The average molecular weight is 488 g/mol. The fourth-order valence-electron chi connectivity index (χ4n) is 4.25. The lowest BCUT2D eigenvalue weighted by molar-refractivity contribution is -0.143. The number of hydrogen-bond acceptors (Lipinski definition) is 7. The number of carbonyl (C=O) groups is 3. The van der Waals surface area contributed by atoms with Gasteiger partial charge in [-0.3, -0.25) is 15.0 Å². The summed E-state index contributed by atoms with van der Waals surface area (Å²) in [4.78, 5) is 40.1. The van der Waals surface area contributed by atoms with E-state index in [1.807, 2.05) is 6.92 Å². The van der Waals surface area contributed by atoms with Crippen molar-refractivity contribution < 1.29 is 23.5 Å². The summed E-state index contributed by atoms with van der Waals surface area (Å²) in [6, 6.07) is 8.71. The van der Waals surface area contributed by atoms with E-state index in [1.54, 1.807) is 31.2 Å². The van der Waals surface area contributed by atoms with Crippen molar-refractivity contribution in [2.45, 2.75) is 71.5 Å². The molecule has 0 aromatic heterocycles. The highest BCUT2D eigenvalue weighted by molar-refractivity contribution is 6.73. The lowest BCUT2D eigenvalue weighted by atomic mass is 9.76. The van der Waals surface area contributed by atoms with Gasteiger partial charge >= 0.3 is 5.97 Å². The monoisotopic (exact) mass is 487 g/mol. The highest BCUT2D eigenvalue weighted by Gasteiger charge is 2.50. The number of β-lactam (4-membered cyclic amide) rings is 1. The van der Waals surface area contributed by atoms with Gasteiger partial charge in [0.25, 0.3) is 0 Å². The second kappa shape index (κ2) is 11.9. The molecule has 11 heteroatoms. The van der Waals surface area contributed by atoms with Crippen LogP contribution in [0, 0.1) is 17.2 Å². The first kappa shape index (κ1) is 27.2. The van der Waals surface area contributed by atoms with Crippen LogP contribution >= 0.6 is 0 Å². The zero-order valence-corrected chi connectivity index (χ0v) is 21.3. The van der Waals surface area contributed by atoms with Crippen molar-refractivity contribution in [3.63, 3.8) is 0 Å². The summed E-state index contributed by atoms with van der Waals surface area (Å²) < 4.78 is 11.5. The Morgan fingerprint density at radius 1 is 1.18 bits per heavy atom. The second-order valence-electron chi connectivity index (χ2n) is 8.59. The maximum atomic E-state index is 12.8. The molecule has 1 aliphatic heterocycles. The number of nitrogens with zero attached hydrogens (tertiary/aromatic N) is 3. The number of nitrogens with one attached hydrogen (secondary N) is 2. The molecule has 0 bridgehead atoms. The van der Waals surface area contributed by atoms with Crippen LogP contribution in [0.4, 0.5) is 5.69 Å². The van der Waals surface area contributed by atoms with Crippen molar-refractivity contribution in [3.8, 4) is 0 Å². The molecule has 0 spiro atoms. The van der Waals surface area contributed by atoms with Crippen molar-refractivity contribution in [3.05, 3.63) is 40.3 Å². The molecule has 1 aromatic rings. The van der Waals surface area contributed by atoms with Crippen molar-refractivity contribution >= 4 is 37.4 Å². The van der Waals surface area contributed by atoms with Crippen LogP contribution in [0.5, 0.6) is 0 Å². The minimum absolute atomic E-state index is 0.134. The van der Waals surface area contributed by atoms with Crippen LogP contribution in [0.3, 0.4) is 0 Å². The number of azide groups is 1. The molecule has 4 atom stereocenters. The largest absolute Gasteiger partial charge is 0.456 e. The van der Waals surface area contributed by atoms with Gasteiger partial charge in [0.15, 0.2) is 19.8 Å². The lowest BCUT2D eigenvalue weighted by Crippen LogP contribution is -2.67. The van der Waals surface area contributed by atoms with E-state index < -0.39 is 43.7 Å². The third-order valence-electron chi connectivity index (χ3n) is 6.74.